The Morgan fingerprint density at radius 3 is 2.71 bits per heavy atom. The fraction of sp³-hybridized carbons (Fsp3) is 0.909. The van der Waals surface area contributed by atoms with Gasteiger partial charge in [-0.25, -0.2) is 0 Å². The van der Waals surface area contributed by atoms with Crippen molar-refractivity contribution in [3.8, 4) is 0 Å². The summed E-state index contributed by atoms with van der Waals surface area (Å²) in [5.74, 6) is 0.368. The van der Waals surface area contributed by atoms with Gasteiger partial charge in [0.2, 0.25) is 5.91 Å². The molecule has 80 valence electrons. The van der Waals surface area contributed by atoms with E-state index in [2.05, 4.69) is 24.1 Å². The summed E-state index contributed by atoms with van der Waals surface area (Å²) >= 11 is 0. The minimum absolute atomic E-state index is 0.126. The van der Waals surface area contributed by atoms with Crippen molar-refractivity contribution in [2.75, 3.05) is 19.6 Å². The molecule has 14 heavy (non-hydrogen) atoms. The summed E-state index contributed by atoms with van der Waals surface area (Å²) < 4.78 is 0. The van der Waals surface area contributed by atoms with E-state index in [4.69, 9.17) is 0 Å². The molecule has 1 N–H and O–H groups in total. The number of amides is 1. The van der Waals surface area contributed by atoms with Gasteiger partial charge in [0, 0.05) is 19.1 Å². The second-order valence-electron chi connectivity index (χ2n) is 4.81. The van der Waals surface area contributed by atoms with Gasteiger partial charge in [0.05, 0.1) is 5.41 Å². The van der Waals surface area contributed by atoms with Crippen molar-refractivity contribution in [1.82, 2.24) is 10.2 Å². The third-order valence-electron chi connectivity index (χ3n) is 3.47. The zero-order chi connectivity index (χ0) is 10.2. The van der Waals surface area contributed by atoms with Gasteiger partial charge in [-0.3, -0.25) is 4.79 Å². The maximum Gasteiger partial charge on any atom is 0.230 e. The van der Waals surface area contributed by atoms with E-state index in [1.54, 1.807) is 0 Å². The molecule has 3 nitrogen and oxygen atoms in total. The first-order valence-electron chi connectivity index (χ1n) is 5.69. The van der Waals surface area contributed by atoms with Crippen LogP contribution in [-0.4, -0.2) is 36.5 Å². The summed E-state index contributed by atoms with van der Waals surface area (Å²) in [4.78, 5) is 14.3. The molecule has 2 aliphatic rings. The third-order valence-corrected chi connectivity index (χ3v) is 3.47. The molecular weight excluding hydrogens is 176 g/mol. The number of hydrogen-bond acceptors (Lipinski definition) is 2. The Morgan fingerprint density at radius 1 is 1.57 bits per heavy atom. The quantitative estimate of drug-likeness (QED) is 0.730. The lowest BCUT2D eigenvalue weighted by Gasteiger charge is -2.30. The molecule has 0 aromatic rings. The van der Waals surface area contributed by atoms with Crippen LogP contribution >= 0.6 is 0 Å². The molecule has 1 unspecified atom stereocenters. The van der Waals surface area contributed by atoms with E-state index < -0.39 is 0 Å². The van der Waals surface area contributed by atoms with Gasteiger partial charge in [0.25, 0.3) is 0 Å². The minimum Gasteiger partial charge on any atom is -0.339 e. The standard InChI is InChI=1S/C11H20N2O/c1-3-13(9-4-5-9)10(14)11(2)6-7-12-8-11/h9,12H,3-8H2,1-2H3. The second-order valence-corrected chi connectivity index (χ2v) is 4.81. The highest BCUT2D eigenvalue weighted by Crippen LogP contribution is 2.33. The molecule has 1 atom stereocenters. The number of nitrogens with one attached hydrogen (secondary N) is 1. The molecule has 0 spiro atoms. The molecule has 2 fully saturated rings. The number of hydrogen-bond donors (Lipinski definition) is 1. The average molecular weight is 196 g/mol. The number of rotatable bonds is 3. The normalized spacial score (nSPS) is 31.9. The predicted molar refractivity (Wildman–Crippen MR) is 56.0 cm³/mol. The van der Waals surface area contributed by atoms with Gasteiger partial charge in [-0.15, -0.1) is 0 Å². The fourth-order valence-electron chi connectivity index (χ4n) is 2.30. The topological polar surface area (TPSA) is 32.3 Å². The van der Waals surface area contributed by atoms with Gasteiger partial charge in [-0.05, 0) is 39.7 Å². The maximum absolute atomic E-state index is 12.3. The Kier molecular flexibility index (Phi) is 2.52. The Balaban J connectivity index is 2.04. The highest BCUT2D eigenvalue weighted by Gasteiger charge is 2.42. The molecule has 1 saturated carbocycles. The first-order valence-corrected chi connectivity index (χ1v) is 5.69. The van der Waals surface area contributed by atoms with Crippen LogP contribution in [0.4, 0.5) is 0 Å². The van der Waals surface area contributed by atoms with Gasteiger partial charge in [-0.1, -0.05) is 0 Å². The lowest BCUT2D eigenvalue weighted by molar-refractivity contribution is -0.140. The van der Waals surface area contributed by atoms with Gasteiger partial charge in [0.15, 0.2) is 0 Å². The zero-order valence-corrected chi connectivity index (χ0v) is 9.18. The molecule has 0 radical (unpaired) electrons. The molecule has 1 aliphatic heterocycles. The molecule has 0 aromatic carbocycles. The average Bonchev–Trinajstić information content (AvgIpc) is 2.90. The van der Waals surface area contributed by atoms with Crippen molar-refractivity contribution < 1.29 is 4.79 Å². The van der Waals surface area contributed by atoms with Crippen LogP contribution in [0.2, 0.25) is 0 Å². The van der Waals surface area contributed by atoms with Crippen LogP contribution in [0.15, 0.2) is 0 Å². The van der Waals surface area contributed by atoms with E-state index in [-0.39, 0.29) is 5.41 Å². The van der Waals surface area contributed by atoms with E-state index >= 15 is 0 Å². The first kappa shape index (κ1) is 9.97. The Labute approximate surface area is 85.8 Å². The minimum atomic E-state index is -0.126. The van der Waals surface area contributed by atoms with Crippen LogP contribution in [0, 0.1) is 5.41 Å². The van der Waals surface area contributed by atoms with E-state index in [1.807, 2.05) is 0 Å². The van der Waals surface area contributed by atoms with E-state index in [9.17, 15) is 4.79 Å². The van der Waals surface area contributed by atoms with Gasteiger partial charge in [0.1, 0.15) is 0 Å². The summed E-state index contributed by atoms with van der Waals surface area (Å²) in [6.07, 6.45) is 3.42. The van der Waals surface area contributed by atoms with Gasteiger partial charge < -0.3 is 10.2 Å². The Hall–Kier alpha value is -0.570. The molecule has 1 aliphatic carbocycles. The molecule has 1 amide bonds. The van der Waals surface area contributed by atoms with Crippen molar-refractivity contribution in [3.05, 3.63) is 0 Å². The Bertz CT molecular complexity index is 229. The second kappa shape index (κ2) is 3.54. The third kappa shape index (κ3) is 1.65. The molecule has 1 saturated heterocycles. The molecule has 0 aromatic heterocycles. The molecule has 3 heteroatoms. The summed E-state index contributed by atoms with van der Waals surface area (Å²) in [6, 6.07) is 0.560. The highest BCUT2D eigenvalue weighted by atomic mass is 16.2. The van der Waals surface area contributed by atoms with Crippen LogP contribution < -0.4 is 5.32 Å². The number of carbonyl (C=O) groups is 1. The maximum atomic E-state index is 12.3. The van der Waals surface area contributed by atoms with Crippen molar-refractivity contribution in [2.45, 2.75) is 39.2 Å². The molecule has 0 bridgehead atoms. The van der Waals surface area contributed by atoms with Crippen LogP contribution in [-0.2, 0) is 4.79 Å². The first-order chi connectivity index (χ1) is 6.67. The zero-order valence-electron chi connectivity index (χ0n) is 9.18. The molecule has 1 heterocycles. The van der Waals surface area contributed by atoms with Gasteiger partial charge >= 0.3 is 0 Å². The van der Waals surface area contributed by atoms with E-state index in [1.165, 1.54) is 12.8 Å². The Morgan fingerprint density at radius 2 is 2.29 bits per heavy atom. The van der Waals surface area contributed by atoms with Crippen LogP contribution in [0.5, 0.6) is 0 Å². The van der Waals surface area contributed by atoms with Crippen molar-refractivity contribution in [2.24, 2.45) is 5.41 Å². The number of carbonyl (C=O) groups excluding carboxylic acids is 1. The predicted octanol–water partition coefficient (Wildman–Crippen LogP) is 0.997. The summed E-state index contributed by atoms with van der Waals surface area (Å²) in [7, 11) is 0. The van der Waals surface area contributed by atoms with E-state index in [0.717, 1.165) is 26.1 Å². The number of nitrogens with zero attached hydrogens (tertiary/aromatic N) is 1. The monoisotopic (exact) mass is 196 g/mol. The van der Waals surface area contributed by atoms with Gasteiger partial charge in [-0.2, -0.15) is 0 Å². The van der Waals surface area contributed by atoms with Crippen molar-refractivity contribution in [1.29, 1.82) is 0 Å². The van der Waals surface area contributed by atoms with Crippen molar-refractivity contribution in [3.63, 3.8) is 0 Å². The van der Waals surface area contributed by atoms with Crippen molar-refractivity contribution >= 4 is 5.91 Å². The van der Waals surface area contributed by atoms with E-state index in [0.29, 0.717) is 11.9 Å². The van der Waals surface area contributed by atoms with Crippen LogP contribution in [0.1, 0.15) is 33.1 Å². The lowest BCUT2D eigenvalue weighted by Crippen LogP contribution is -2.44. The highest BCUT2D eigenvalue weighted by molar-refractivity contribution is 5.83. The summed E-state index contributed by atoms with van der Waals surface area (Å²) in [5.41, 5.74) is -0.126. The van der Waals surface area contributed by atoms with Crippen LogP contribution in [0.3, 0.4) is 0 Å². The fourth-order valence-corrected chi connectivity index (χ4v) is 2.30. The summed E-state index contributed by atoms with van der Waals surface area (Å²) in [6.45, 7) is 6.90. The molecule has 2 rings (SSSR count). The SMILES string of the molecule is CCN(C(=O)C1(C)CCNC1)C1CC1. The smallest absolute Gasteiger partial charge is 0.230 e. The molecular formula is C11H20N2O. The van der Waals surface area contributed by atoms with Crippen LogP contribution in [0.25, 0.3) is 0 Å². The summed E-state index contributed by atoms with van der Waals surface area (Å²) in [5, 5.41) is 3.28. The largest absolute Gasteiger partial charge is 0.339 e. The lowest BCUT2D eigenvalue weighted by atomic mass is 9.88.